The molecule has 4 nitrogen and oxygen atoms in total. The highest BCUT2D eigenvalue weighted by molar-refractivity contribution is 7.89. The van der Waals surface area contributed by atoms with Gasteiger partial charge in [-0.25, -0.2) is 12.8 Å². The minimum Gasteiger partial charge on any atom is -0.316 e. The van der Waals surface area contributed by atoms with Crippen LogP contribution in [0.15, 0.2) is 23.1 Å². The Labute approximate surface area is 127 Å². The summed E-state index contributed by atoms with van der Waals surface area (Å²) in [7, 11) is -0.602. The van der Waals surface area contributed by atoms with Crippen molar-refractivity contribution in [2.75, 3.05) is 14.1 Å². The summed E-state index contributed by atoms with van der Waals surface area (Å²) in [6.07, 6.45) is 0. The van der Waals surface area contributed by atoms with Crippen molar-refractivity contribution >= 4 is 10.0 Å². The molecule has 1 rings (SSSR count). The molecule has 0 spiro atoms. The number of halogens is 1. The Kier molecular flexibility index (Phi) is 5.52. The fourth-order valence-electron chi connectivity index (χ4n) is 1.98. The van der Waals surface area contributed by atoms with Crippen molar-refractivity contribution in [3.8, 4) is 0 Å². The van der Waals surface area contributed by atoms with Crippen LogP contribution in [0.25, 0.3) is 0 Å². The maximum atomic E-state index is 14.2. The van der Waals surface area contributed by atoms with E-state index in [1.165, 1.54) is 23.5 Å². The highest BCUT2D eigenvalue weighted by atomic mass is 32.2. The molecule has 1 unspecified atom stereocenters. The van der Waals surface area contributed by atoms with Crippen molar-refractivity contribution in [3.05, 3.63) is 29.6 Å². The molecular formula is C15H25FN2O2S. The van der Waals surface area contributed by atoms with Crippen molar-refractivity contribution in [2.45, 2.75) is 45.2 Å². The lowest BCUT2D eigenvalue weighted by Gasteiger charge is -2.34. The molecule has 0 aliphatic rings. The van der Waals surface area contributed by atoms with E-state index in [9.17, 15) is 12.8 Å². The van der Waals surface area contributed by atoms with Crippen LogP contribution in [0.3, 0.4) is 0 Å². The summed E-state index contributed by atoms with van der Waals surface area (Å²) < 4.78 is 40.6. The molecule has 21 heavy (non-hydrogen) atoms. The predicted octanol–water partition coefficient (Wildman–Crippen LogP) is 2.60. The topological polar surface area (TPSA) is 49.4 Å². The fraction of sp³-hybridized carbons (Fsp3) is 0.600. The molecular weight excluding hydrogens is 291 g/mol. The summed E-state index contributed by atoms with van der Waals surface area (Å²) in [6.45, 7) is 8.18. The van der Waals surface area contributed by atoms with Gasteiger partial charge in [0.1, 0.15) is 10.7 Å². The Morgan fingerprint density at radius 3 is 2.33 bits per heavy atom. The molecule has 0 amide bonds. The first-order chi connectivity index (χ1) is 9.51. The quantitative estimate of drug-likeness (QED) is 0.908. The molecule has 0 fully saturated rings. The lowest BCUT2D eigenvalue weighted by atomic mass is 9.88. The van der Waals surface area contributed by atoms with Gasteiger partial charge in [0.25, 0.3) is 0 Å². The van der Waals surface area contributed by atoms with E-state index < -0.39 is 15.8 Å². The summed E-state index contributed by atoms with van der Waals surface area (Å²) >= 11 is 0. The molecule has 0 aliphatic heterocycles. The van der Waals surface area contributed by atoms with Gasteiger partial charge in [-0.05, 0) is 37.1 Å². The molecule has 1 N–H and O–H groups in total. The average Bonchev–Trinajstić information content (AvgIpc) is 2.36. The van der Waals surface area contributed by atoms with E-state index in [1.807, 2.05) is 27.7 Å². The van der Waals surface area contributed by atoms with Gasteiger partial charge in [0.15, 0.2) is 0 Å². The van der Waals surface area contributed by atoms with E-state index in [1.54, 1.807) is 13.1 Å². The van der Waals surface area contributed by atoms with Crippen molar-refractivity contribution in [2.24, 2.45) is 5.41 Å². The smallest absolute Gasteiger partial charge is 0.245 e. The van der Waals surface area contributed by atoms with E-state index in [0.717, 1.165) is 0 Å². The summed E-state index contributed by atoms with van der Waals surface area (Å²) in [4.78, 5) is -0.277. The number of benzene rings is 1. The zero-order valence-electron chi connectivity index (χ0n) is 13.6. The van der Waals surface area contributed by atoms with Gasteiger partial charge in [0.2, 0.25) is 10.0 Å². The van der Waals surface area contributed by atoms with Gasteiger partial charge in [0, 0.05) is 19.6 Å². The highest BCUT2D eigenvalue weighted by Gasteiger charge is 2.33. The van der Waals surface area contributed by atoms with Gasteiger partial charge >= 0.3 is 0 Å². The first kappa shape index (κ1) is 18.1. The molecule has 120 valence electrons. The van der Waals surface area contributed by atoms with Crippen LogP contribution in [0.4, 0.5) is 4.39 Å². The van der Waals surface area contributed by atoms with E-state index >= 15 is 0 Å². The molecule has 1 aromatic carbocycles. The molecule has 0 aliphatic carbocycles. The van der Waals surface area contributed by atoms with Gasteiger partial charge in [0.05, 0.1) is 0 Å². The maximum Gasteiger partial charge on any atom is 0.245 e. The number of rotatable bonds is 5. The molecule has 0 aromatic heterocycles. The van der Waals surface area contributed by atoms with Crippen LogP contribution < -0.4 is 5.32 Å². The molecule has 0 saturated carbocycles. The highest BCUT2D eigenvalue weighted by Crippen LogP contribution is 2.28. The van der Waals surface area contributed by atoms with Crippen LogP contribution in [0, 0.1) is 11.2 Å². The maximum absolute atomic E-state index is 14.2. The molecule has 1 atom stereocenters. The van der Waals surface area contributed by atoms with Gasteiger partial charge in [-0.3, -0.25) is 0 Å². The lowest BCUT2D eigenvalue weighted by Crippen LogP contribution is -2.43. The zero-order chi connectivity index (χ0) is 16.4. The Morgan fingerprint density at radius 1 is 1.33 bits per heavy atom. The third kappa shape index (κ3) is 4.02. The average molecular weight is 316 g/mol. The van der Waals surface area contributed by atoms with Gasteiger partial charge < -0.3 is 5.32 Å². The Hall–Kier alpha value is -0.980. The van der Waals surface area contributed by atoms with Crippen LogP contribution >= 0.6 is 0 Å². The van der Waals surface area contributed by atoms with E-state index in [-0.39, 0.29) is 16.4 Å². The minimum absolute atomic E-state index is 0.232. The van der Waals surface area contributed by atoms with Crippen molar-refractivity contribution in [3.63, 3.8) is 0 Å². The van der Waals surface area contributed by atoms with Crippen molar-refractivity contribution < 1.29 is 12.8 Å². The Bertz CT molecular complexity index is 594. The summed E-state index contributed by atoms with van der Waals surface area (Å²) in [6, 6.07) is 3.98. The number of nitrogens with one attached hydrogen (secondary N) is 1. The standard InChI is InChI=1S/C15H25FN2O2S/c1-11(15(2,3)4)18(6)21(19,20)14-8-7-12(10-17-5)9-13(14)16/h7-9,11,17H,10H2,1-6H3. The van der Waals surface area contributed by atoms with E-state index in [2.05, 4.69) is 5.32 Å². The van der Waals surface area contributed by atoms with Gasteiger partial charge in [-0.1, -0.05) is 26.8 Å². The number of sulfonamides is 1. The van der Waals surface area contributed by atoms with Crippen LogP contribution in [0.5, 0.6) is 0 Å². The van der Waals surface area contributed by atoms with Crippen LogP contribution in [0.1, 0.15) is 33.3 Å². The Balaban J connectivity index is 3.19. The monoisotopic (exact) mass is 316 g/mol. The number of nitrogens with zero attached hydrogens (tertiary/aromatic N) is 1. The minimum atomic E-state index is -3.85. The number of hydrogen-bond acceptors (Lipinski definition) is 3. The second-order valence-electron chi connectivity index (χ2n) is 6.36. The van der Waals surface area contributed by atoms with Gasteiger partial charge in [-0.2, -0.15) is 4.31 Å². The van der Waals surface area contributed by atoms with E-state index in [0.29, 0.717) is 12.1 Å². The van der Waals surface area contributed by atoms with Crippen LogP contribution in [-0.2, 0) is 16.6 Å². The fourth-order valence-corrected chi connectivity index (χ4v) is 3.56. The third-order valence-electron chi connectivity index (χ3n) is 3.83. The molecule has 1 aromatic rings. The first-order valence-electron chi connectivity index (χ1n) is 6.93. The predicted molar refractivity (Wildman–Crippen MR) is 83.0 cm³/mol. The molecule has 0 bridgehead atoms. The SMILES string of the molecule is CNCc1ccc(S(=O)(=O)N(C)C(C)C(C)(C)C)c(F)c1. The summed E-state index contributed by atoms with van der Waals surface area (Å²) in [5.41, 5.74) is 0.477. The number of hydrogen-bond donors (Lipinski definition) is 1. The summed E-state index contributed by atoms with van der Waals surface area (Å²) in [5.74, 6) is -0.712. The van der Waals surface area contributed by atoms with Crippen molar-refractivity contribution in [1.29, 1.82) is 0 Å². The second-order valence-corrected chi connectivity index (χ2v) is 8.32. The molecule has 0 saturated heterocycles. The zero-order valence-corrected chi connectivity index (χ0v) is 14.4. The van der Waals surface area contributed by atoms with Gasteiger partial charge in [-0.15, -0.1) is 0 Å². The van der Waals surface area contributed by atoms with Crippen LogP contribution in [0.2, 0.25) is 0 Å². The normalized spacial score (nSPS) is 14.5. The van der Waals surface area contributed by atoms with Crippen LogP contribution in [-0.4, -0.2) is 32.9 Å². The third-order valence-corrected chi connectivity index (χ3v) is 5.79. The first-order valence-corrected chi connectivity index (χ1v) is 8.37. The van der Waals surface area contributed by atoms with Crippen molar-refractivity contribution in [1.82, 2.24) is 9.62 Å². The second kappa shape index (κ2) is 6.42. The molecule has 0 radical (unpaired) electrons. The summed E-state index contributed by atoms with van der Waals surface area (Å²) in [5, 5.41) is 2.90. The van der Waals surface area contributed by atoms with E-state index in [4.69, 9.17) is 0 Å². The largest absolute Gasteiger partial charge is 0.316 e. The molecule has 0 heterocycles. The Morgan fingerprint density at radius 2 is 1.90 bits per heavy atom. The molecule has 6 heteroatoms. The lowest BCUT2D eigenvalue weighted by molar-refractivity contribution is 0.216.